The summed E-state index contributed by atoms with van der Waals surface area (Å²) in [6, 6.07) is 0. The summed E-state index contributed by atoms with van der Waals surface area (Å²) in [7, 11) is 0. The number of rotatable bonds is 24. The van der Waals surface area contributed by atoms with Crippen molar-refractivity contribution >= 4 is 37.1 Å². The van der Waals surface area contributed by atoms with Gasteiger partial charge in [-0.05, 0) is 51.4 Å². The minimum Gasteiger partial charge on any atom is -0.394 e. The van der Waals surface area contributed by atoms with E-state index in [4.69, 9.17) is 5.11 Å². The van der Waals surface area contributed by atoms with Crippen LogP contribution in [0.15, 0.2) is 72.9 Å². The lowest BCUT2D eigenvalue weighted by atomic mass is 10.0. The Morgan fingerprint density at radius 3 is 1.65 bits per heavy atom. The Hall–Kier alpha value is -2.12. The van der Waals surface area contributed by atoms with Gasteiger partial charge in [0.25, 0.3) is 5.91 Å². The number of allylic oxidation sites excluding steroid dienone is 12. The molecule has 0 unspecified atom stereocenters. The highest BCUT2D eigenvalue weighted by Crippen LogP contribution is 2.22. The van der Waals surface area contributed by atoms with Gasteiger partial charge in [-0.3, -0.25) is 9.59 Å². The molecule has 0 spiro atoms. The first-order valence-corrected chi connectivity index (χ1v) is 15.7. The molecule has 0 aromatic heterocycles. The minimum atomic E-state index is -2.01. The number of carbonyl (C=O) groups is 2. The van der Waals surface area contributed by atoms with Crippen LogP contribution in [0.1, 0.15) is 64.7 Å². The second-order valence-electron chi connectivity index (χ2n) is 9.93. The summed E-state index contributed by atoms with van der Waals surface area (Å²) in [6.45, 7) is 1.43. The van der Waals surface area contributed by atoms with Gasteiger partial charge in [-0.1, -0.05) is 79.8 Å². The number of carbonyl (C=O) groups excluding carboxylic acids is 2. The van der Waals surface area contributed by atoms with Gasteiger partial charge < -0.3 is 36.2 Å². The zero-order valence-electron chi connectivity index (χ0n) is 25.2. The van der Waals surface area contributed by atoms with E-state index in [1.165, 1.54) is 0 Å². The number of hydrogen-bond donors (Lipinski definition) is 9. The maximum absolute atomic E-state index is 12.1. The molecule has 2 amide bonds. The van der Waals surface area contributed by atoms with E-state index in [9.17, 15) is 30.0 Å². The van der Waals surface area contributed by atoms with Gasteiger partial charge in [-0.25, -0.2) is 0 Å². The lowest BCUT2D eigenvalue weighted by Gasteiger charge is -2.26. The van der Waals surface area contributed by atoms with Crippen molar-refractivity contribution in [1.29, 1.82) is 0 Å². The quantitative estimate of drug-likeness (QED) is 0.0446. The highest BCUT2D eigenvalue weighted by atomic mass is 32.2. The van der Waals surface area contributed by atoms with Gasteiger partial charge in [0.15, 0.2) is 6.10 Å². The smallest absolute Gasteiger partial charge is 0.251 e. The van der Waals surface area contributed by atoms with Crippen LogP contribution in [-0.2, 0) is 9.59 Å². The van der Waals surface area contributed by atoms with Gasteiger partial charge in [0.2, 0.25) is 5.91 Å². The second kappa shape index (κ2) is 26.3. The predicted molar refractivity (Wildman–Crippen MR) is 180 cm³/mol. The molecule has 0 heterocycles. The fraction of sp³-hybridized carbons (Fsp3) is 0.562. The van der Waals surface area contributed by atoms with Gasteiger partial charge in [-0.2, -0.15) is 25.3 Å². The summed E-state index contributed by atoms with van der Waals surface area (Å²) in [5.41, 5.74) is 0. The van der Waals surface area contributed by atoms with E-state index in [1.54, 1.807) is 0 Å². The predicted octanol–water partition coefficient (Wildman–Crippen LogP) is 3.08. The third-order valence-corrected chi connectivity index (χ3v) is 6.81. The molecule has 0 saturated carbocycles. The fourth-order valence-corrected chi connectivity index (χ4v) is 3.82. The number of aliphatic hydroxyl groups is 5. The SMILES string of the molecule is CC/C=C\C/C=C\C/C=C\C/C=C\C/C=C\C/C=C\CCC(=O)NCC(S)(S)CCNC(=O)[C@H](O)[C@@H](O)[C@H](O)[C@H](O)CO. The maximum Gasteiger partial charge on any atom is 0.251 e. The first kappa shape index (κ1) is 40.9. The summed E-state index contributed by atoms with van der Waals surface area (Å²) < 4.78 is -0.951. The van der Waals surface area contributed by atoms with E-state index in [-0.39, 0.29) is 25.4 Å². The molecule has 4 atom stereocenters. The number of thiol groups is 2. The molecule has 0 rings (SSSR count). The van der Waals surface area contributed by atoms with Crippen molar-refractivity contribution in [3.05, 3.63) is 72.9 Å². The molecule has 0 aliphatic rings. The van der Waals surface area contributed by atoms with Gasteiger partial charge in [-0.15, -0.1) is 0 Å². The molecule has 0 radical (unpaired) electrons. The van der Waals surface area contributed by atoms with Crippen LogP contribution in [0.2, 0.25) is 0 Å². The van der Waals surface area contributed by atoms with Crippen molar-refractivity contribution in [3.8, 4) is 0 Å². The summed E-state index contributed by atoms with van der Waals surface area (Å²) >= 11 is 8.79. The molecular weight excluding hydrogens is 588 g/mol. The Kier molecular flexibility index (Phi) is 25.0. The molecule has 0 aliphatic heterocycles. The van der Waals surface area contributed by atoms with Crippen molar-refractivity contribution in [3.63, 3.8) is 0 Å². The van der Waals surface area contributed by atoms with Crippen molar-refractivity contribution in [2.45, 2.75) is 93.2 Å². The van der Waals surface area contributed by atoms with E-state index in [2.05, 4.69) is 104 Å². The first-order chi connectivity index (χ1) is 20.6. The monoisotopic (exact) mass is 640 g/mol. The molecule has 0 saturated heterocycles. The molecule has 0 aromatic carbocycles. The van der Waals surface area contributed by atoms with Crippen molar-refractivity contribution in [2.75, 3.05) is 19.7 Å². The van der Waals surface area contributed by atoms with Crippen LogP contribution in [0.5, 0.6) is 0 Å². The molecule has 0 aromatic rings. The number of nitrogens with one attached hydrogen (secondary N) is 2. The third kappa shape index (κ3) is 23.0. The molecule has 11 heteroatoms. The average Bonchev–Trinajstić information content (AvgIpc) is 2.99. The third-order valence-electron chi connectivity index (χ3n) is 6.05. The molecule has 0 fully saturated rings. The van der Waals surface area contributed by atoms with Crippen molar-refractivity contribution in [2.24, 2.45) is 0 Å². The fourth-order valence-electron chi connectivity index (χ4n) is 3.44. The summed E-state index contributed by atoms with van der Waals surface area (Å²) in [5, 5.41) is 52.4. The lowest BCUT2D eigenvalue weighted by molar-refractivity contribution is -0.148. The Morgan fingerprint density at radius 1 is 0.721 bits per heavy atom. The van der Waals surface area contributed by atoms with E-state index in [1.807, 2.05) is 12.2 Å². The number of amides is 2. The van der Waals surface area contributed by atoms with Gasteiger partial charge in [0, 0.05) is 19.5 Å². The van der Waals surface area contributed by atoms with E-state index < -0.39 is 41.0 Å². The molecule has 43 heavy (non-hydrogen) atoms. The van der Waals surface area contributed by atoms with Crippen LogP contribution in [0.3, 0.4) is 0 Å². The van der Waals surface area contributed by atoms with Crippen LogP contribution in [0.4, 0.5) is 0 Å². The normalized spacial score (nSPS) is 15.8. The van der Waals surface area contributed by atoms with E-state index in [0.717, 1.165) is 38.5 Å². The molecule has 0 bridgehead atoms. The first-order valence-electron chi connectivity index (χ1n) is 14.8. The number of aliphatic hydroxyl groups excluding tert-OH is 5. The summed E-state index contributed by atoms with van der Waals surface area (Å²) in [5.74, 6) is -1.14. The van der Waals surface area contributed by atoms with E-state index >= 15 is 0 Å². The molecule has 0 aliphatic carbocycles. The lowest BCUT2D eigenvalue weighted by Crippen LogP contribution is -2.52. The second-order valence-corrected chi connectivity index (χ2v) is 12.0. The van der Waals surface area contributed by atoms with Gasteiger partial charge in [0.05, 0.1) is 10.7 Å². The van der Waals surface area contributed by atoms with E-state index in [0.29, 0.717) is 12.8 Å². The average molecular weight is 641 g/mol. The van der Waals surface area contributed by atoms with Crippen molar-refractivity contribution < 1.29 is 35.1 Å². The summed E-state index contributed by atoms with van der Waals surface area (Å²) in [4.78, 5) is 24.1. The zero-order chi connectivity index (χ0) is 32.3. The maximum atomic E-state index is 12.1. The summed E-state index contributed by atoms with van der Waals surface area (Å²) in [6.07, 6.45) is 24.7. The Balaban J connectivity index is 4.00. The van der Waals surface area contributed by atoms with Gasteiger partial charge >= 0.3 is 0 Å². The van der Waals surface area contributed by atoms with Crippen LogP contribution in [0, 0.1) is 0 Å². The van der Waals surface area contributed by atoms with Gasteiger partial charge in [0.1, 0.15) is 18.3 Å². The molecule has 7 N–H and O–H groups in total. The Labute approximate surface area is 268 Å². The standard InChI is InChI=1S/C32H52N2O7S2/c1-2-3-4-5-6-7-8-9-10-11-12-13-14-15-16-17-18-19-20-21-27(37)34-25-32(42,43)22-23-33-31(41)30(40)29(39)28(38)26(36)24-35/h3-4,6-7,9-10,12-13,15-16,18-19,26,28-30,35-36,38-40,42-43H,2,5,8,11,14,17,20-25H2,1H3,(H,33,41)(H,34,37)/b4-3-,7-6-,10-9-,13-12-,16-15-,19-18-/t26-,28-,29+,30-/m1/s1. The van der Waals surface area contributed by atoms with Crippen LogP contribution >= 0.6 is 25.3 Å². The highest BCUT2D eigenvalue weighted by Gasteiger charge is 2.34. The van der Waals surface area contributed by atoms with Crippen LogP contribution in [0.25, 0.3) is 0 Å². The van der Waals surface area contributed by atoms with Crippen LogP contribution in [-0.4, -0.2) is 85.5 Å². The van der Waals surface area contributed by atoms with Crippen LogP contribution < -0.4 is 10.6 Å². The largest absolute Gasteiger partial charge is 0.394 e. The highest BCUT2D eigenvalue weighted by molar-refractivity contribution is 8.00. The molecular formula is C32H52N2O7S2. The minimum absolute atomic E-state index is 0.0165. The number of hydrogen-bond acceptors (Lipinski definition) is 9. The zero-order valence-corrected chi connectivity index (χ0v) is 27.0. The molecule has 244 valence electrons. The van der Waals surface area contributed by atoms with Crippen molar-refractivity contribution in [1.82, 2.24) is 10.6 Å². The topological polar surface area (TPSA) is 159 Å². The Bertz CT molecular complexity index is 933. The molecule has 9 nitrogen and oxygen atoms in total. The Morgan fingerprint density at radius 2 is 1.19 bits per heavy atom.